The van der Waals surface area contributed by atoms with Crippen molar-refractivity contribution in [3.05, 3.63) is 39.3 Å². The molecule has 2 aromatic heterocycles. The van der Waals surface area contributed by atoms with Crippen LogP contribution in [0.25, 0.3) is 0 Å². The van der Waals surface area contributed by atoms with Gasteiger partial charge >= 0.3 is 0 Å². The molecule has 17 heavy (non-hydrogen) atoms. The molecule has 0 bridgehead atoms. The molecule has 2 N–H and O–H groups in total. The highest BCUT2D eigenvalue weighted by molar-refractivity contribution is 7.09. The number of thiophene rings is 1. The molecule has 0 saturated heterocycles. The first-order valence-corrected chi connectivity index (χ1v) is 6.85. The van der Waals surface area contributed by atoms with Gasteiger partial charge in [0, 0.05) is 23.5 Å². The van der Waals surface area contributed by atoms with Gasteiger partial charge in [0.2, 0.25) is 0 Å². The largest absolute Gasteiger partial charge is 0.330 e. The predicted octanol–water partition coefficient (Wildman–Crippen LogP) is 2.31. The highest BCUT2D eigenvalue weighted by atomic mass is 32.1. The van der Waals surface area contributed by atoms with Gasteiger partial charge in [0.25, 0.3) is 0 Å². The smallest absolute Gasteiger partial charge is 0.0628 e. The van der Waals surface area contributed by atoms with Crippen molar-refractivity contribution in [2.45, 2.75) is 33.2 Å². The van der Waals surface area contributed by atoms with Crippen LogP contribution in [-0.4, -0.2) is 16.3 Å². The van der Waals surface area contributed by atoms with E-state index in [2.05, 4.69) is 41.1 Å². The number of aromatic nitrogens is 2. The number of hydrogen-bond donors (Lipinski definition) is 1. The van der Waals surface area contributed by atoms with E-state index in [-0.39, 0.29) is 0 Å². The summed E-state index contributed by atoms with van der Waals surface area (Å²) < 4.78 is 2.11. The molecule has 4 heteroatoms. The van der Waals surface area contributed by atoms with Crippen LogP contribution in [0.1, 0.15) is 21.8 Å². The average molecular weight is 249 g/mol. The van der Waals surface area contributed by atoms with Crippen LogP contribution < -0.4 is 5.73 Å². The Hall–Kier alpha value is -1.13. The summed E-state index contributed by atoms with van der Waals surface area (Å²) in [5.41, 5.74) is 9.33. The van der Waals surface area contributed by atoms with Crippen LogP contribution in [0.15, 0.2) is 17.5 Å². The summed E-state index contributed by atoms with van der Waals surface area (Å²) >= 11 is 1.81. The number of hydrogen-bond acceptors (Lipinski definition) is 3. The minimum atomic E-state index is 0.693. The lowest BCUT2D eigenvalue weighted by molar-refractivity contribution is 0.596. The molecule has 0 saturated carbocycles. The molecule has 3 nitrogen and oxygen atoms in total. The minimum absolute atomic E-state index is 0.693. The fourth-order valence-corrected chi connectivity index (χ4v) is 2.83. The minimum Gasteiger partial charge on any atom is -0.330 e. The van der Waals surface area contributed by atoms with Crippen LogP contribution in [0, 0.1) is 13.8 Å². The van der Waals surface area contributed by atoms with Crippen LogP contribution in [-0.2, 0) is 19.4 Å². The summed E-state index contributed by atoms with van der Waals surface area (Å²) in [6, 6.07) is 4.28. The number of nitrogens with two attached hydrogens (primary N) is 1. The Morgan fingerprint density at radius 3 is 2.82 bits per heavy atom. The molecule has 0 aliphatic heterocycles. The lowest BCUT2D eigenvalue weighted by atomic mass is 10.1. The van der Waals surface area contributed by atoms with E-state index in [4.69, 9.17) is 5.73 Å². The van der Waals surface area contributed by atoms with E-state index in [1.807, 2.05) is 11.3 Å². The van der Waals surface area contributed by atoms with Gasteiger partial charge in [0.15, 0.2) is 0 Å². The fraction of sp³-hybridized carbons (Fsp3) is 0.462. The Kier molecular flexibility index (Phi) is 3.97. The van der Waals surface area contributed by atoms with E-state index in [1.54, 1.807) is 0 Å². The van der Waals surface area contributed by atoms with Gasteiger partial charge in [-0.05, 0) is 43.8 Å². The quantitative estimate of drug-likeness (QED) is 0.883. The van der Waals surface area contributed by atoms with Gasteiger partial charge in [0.1, 0.15) is 0 Å². The summed E-state index contributed by atoms with van der Waals surface area (Å²) in [6.45, 7) is 5.86. The van der Waals surface area contributed by atoms with Gasteiger partial charge in [-0.2, -0.15) is 5.10 Å². The Labute approximate surface area is 106 Å². The third-order valence-electron chi connectivity index (χ3n) is 3.08. The van der Waals surface area contributed by atoms with E-state index in [0.29, 0.717) is 6.54 Å². The lowest BCUT2D eigenvalue weighted by Crippen LogP contribution is -2.07. The van der Waals surface area contributed by atoms with Gasteiger partial charge < -0.3 is 5.73 Å². The topological polar surface area (TPSA) is 43.8 Å². The summed E-state index contributed by atoms with van der Waals surface area (Å²) in [4.78, 5) is 1.41. The van der Waals surface area contributed by atoms with Crippen molar-refractivity contribution in [2.75, 3.05) is 6.54 Å². The van der Waals surface area contributed by atoms with Crippen molar-refractivity contribution in [1.82, 2.24) is 9.78 Å². The second-order valence-corrected chi connectivity index (χ2v) is 5.27. The van der Waals surface area contributed by atoms with E-state index in [0.717, 1.165) is 25.1 Å². The molecule has 0 radical (unpaired) electrons. The molecule has 0 aliphatic carbocycles. The van der Waals surface area contributed by atoms with Crippen molar-refractivity contribution in [2.24, 2.45) is 5.73 Å². The second kappa shape index (κ2) is 5.47. The summed E-state index contributed by atoms with van der Waals surface area (Å²) in [5, 5.41) is 6.72. The molecule has 92 valence electrons. The van der Waals surface area contributed by atoms with E-state index < -0.39 is 0 Å². The Balaban J connectivity index is 2.08. The first-order valence-electron chi connectivity index (χ1n) is 5.97. The maximum absolute atomic E-state index is 5.62. The maximum Gasteiger partial charge on any atom is 0.0628 e. The SMILES string of the molecule is Cc1nn(CCc2cccs2)c(C)c1CCN. The number of aryl methyl sites for hydroxylation is 3. The molecular formula is C13H19N3S. The number of nitrogens with zero attached hydrogens (tertiary/aromatic N) is 2. The molecule has 0 amide bonds. The summed E-state index contributed by atoms with van der Waals surface area (Å²) in [7, 11) is 0. The molecule has 2 heterocycles. The molecule has 0 fully saturated rings. The average Bonchev–Trinajstić information content (AvgIpc) is 2.90. The van der Waals surface area contributed by atoms with Crippen LogP contribution in [0.2, 0.25) is 0 Å². The van der Waals surface area contributed by atoms with Crippen molar-refractivity contribution >= 4 is 11.3 Å². The third-order valence-corrected chi connectivity index (χ3v) is 4.01. The van der Waals surface area contributed by atoms with E-state index >= 15 is 0 Å². The van der Waals surface area contributed by atoms with Crippen molar-refractivity contribution in [1.29, 1.82) is 0 Å². The third kappa shape index (κ3) is 2.76. The molecule has 0 atom stereocenters. The van der Waals surface area contributed by atoms with Gasteiger partial charge in [-0.15, -0.1) is 11.3 Å². The highest BCUT2D eigenvalue weighted by Crippen LogP contribution is 2.15. The normalized spacial score (nSPS) is 11.0. The van der Waals surface area contributed by atoms with E-state index in [9.17, 15) is 0 Å². The zero-order valence-corrected chi connectivity index (χ0v) is 11.3. The van der Waals surface area contributed by atoms with Gasteiger partial charge in [0.05, 0.1) is 5.69 Å². The predicted molar refractivity (Wildman–Crippen MR) is 72.5 cm³/mol. The molecule has 2 aromatic rings. The number of rotatable bonds is 5. The summed E-state index contributed by atoms with van der Waals surface area (Å²) in [5.74, 6) is 0. The fourth-order valence-electron chi connectivity index (χ4n) is 2.13. The monoisotopic (exact) mass is 249 g/mol. The lowest BCUT2D eigenvalue weighted by Gasteiger charge is -2.04. The molecule has 0 unspecified atom stereocenters. The molecule has 0 spiro atoms. The van der Waals surface area contributed by atoms with Crippen molar-refractivity contribution in [3.8, 4) is 0 Å². The Morgan fingerprint density at radius 2 is 2.18 bits per heavy atom. The first-order chi connectivity index (χ1) is 8.22. The van der Waals surface area contributed by atoms with Gasteiger partial charge in [-0.25, -0.2) is 0 Å². The maximum atomic E-state index is 5.62. The zero-order chi connectivity index (χ0) is 12.3. The Morgan fingerprint density at radius 1 is 1.35 bits per heavy atom. The molecule has 0 aliphatic rings. The molecular weight excluding hydrogens is 230 g/mol. The standard InChI is InChI=1S/C13H19N3S/c1-10-13(5-7-14)11(2)16(15-10)8-6-12-4-3-9-17-12/h3-4,9H,5-8,14H2,1-2H3. The van der Waals surface area contributed by atoms with Crippen molar-refractivity contribution in [3.63, 3.8) is 0 Å². The Bertz CT molecular complexity index is 471. The van der Waals surface area contributed by atoms with Gasteiger partial charge in [-0.1, -0.05) is 6.07 Å². The highest BCUT2D eigenvalue weighted by Gasteiger charge is 2.10. The molecule has 2 rings (SSSR count). The van der Waals surface area contributed by atoms with Crippen LogP contribution >= 0.6 is 11.3 Å². The summed E-state index contributed by atoms with van der Waals surface area (Å²) in [6.07, 6.45) is 1.98. The zero-order valence-electron chi connectivity index (χ0n) is 10.4. The first kappa shape index (κ1) is 12.3. The van der Waals surface area contributed by atoms with Gasteiger partial charge in [-0.3, -0.25) is 4.68 Å². The molecule has 0 aromatic carbocycles. The van der Waals surface area contributed by atoms with Crippen LogP contribution in [0.3, 0.4) is 0 Å². The van der Waals surface area contributed by atoms with Crippen molar-refractivity contribution < 1.29 is 0 Å². The second-order valence-electron chi connectivity index (χ2n) is 4.24. The van der Waals surface area contributed by atoms with E-state index in [1.165, 1.54) is 16.1 Å². The van der Waals surface area contributed by atoms with Crippen LogP contribution in [0.4, 0.5) is 0 Å². The van der Waals surface area contributed by atoms with Crippen LogP contribution in [0.5, 0.6) is 0 Å².